The van der Waals surface area contributed by atoms with E-state index < -0.39 is 5.82 Å². The molecule has 0 radical (unpaired) electrons. The Kier molecular flexibility index (Phi) is 6.12. The topological polar surface area (TPSA) is 29.1 Å². The lowest BCUT2D eigenvalue weighted by molar-refractivity contribution is 0.0949. The van der Waals surface area contributed by atoms with E-state index in [0.717, 1.165) is 12.8 Å². The van der Waals surface area contributed by atoms with E-state index in [9.17, 15) is 9.18 Å². The Morgan fingerprint density at radius 3 is 2.88 bits per heavy atom. The smallest absolute Gasteiger partial charge is 0.254 e. The summed E-state index contributed by atoms with van der Waals surface area (Å²) < 4.78 is 13.9. The predicted octanol–water partition coefficient (Wildman–Crippen LogP) is 3.88. The highest BCUT2D eigenvalue weighted by Gasteiger charge is 2.13. The Balaban J connectivity index is 2.56. The van der Waals surface area contributed by atoms with E-state index in [0.29, 0.717) is 15.8 Å². The van der Waals surface area contributed by atoms with Crippen molar-refractivity contribution in [2.24, 2.45) is 0 Å². The third kappa shape index (κ3) is 4.39. The molecular formula is C12H14Br2FNO. The van der Waals surface area contributed by atoms with Gasteiger partial charge in [-0.3, -0.25) is 4.79 Å². The highest BCUT2D eigenvalue weighted by atomic mass is 79.9. The maximum absolute atomic E-state index is 13.6. The zero-order valence-electron chi connectivity index (χ0n) is 9.47. The van der Waals surface area contributed by atoms with E-state index in [2.05, 4.69) is 44.1 Å². The zero-order valence-corrected chi connectivity index (χ0v) is 12.6. The minimum atomic E-state index is -0.518. The monoisotopic (exact) mass is 365 g/mol. The minimum Gasteiger partial charge on any atom is -0.352 e. The van der Waals surface area contributed by atoms with Crippen LogP contribution in [0.5, 0.6) is 0 Å². The van der Waals surface area contributed by atoms with Crippen LogP contribution in [0.3, 0.4) is 0 Å². The van der Waals surface area contributed by atoms with E-state index in [-0.39, 0.29) is 11.5 Å². The zero-order chi connectivity index (χ0) is 12.8. The van der Waals surface area contributed by atoms with Crippen LogP contribution in [0.4, 0.5) is 4.39 Å². The molecule has 0 fully saturated rings. The summed E-state index contributed by atoms with van der Waals surface area (Å²) in [5.41, 5.74) is 0.0713. The van der Waals surface area contributed by atoms with Crippen molar-refractivity contribution >= 4 is 37.8 Å². The summed E-state index contributed by atoms with van der Waals surface area (Å²) in [5.74, 6) is -0.893. The van der Waals surface area contributed by atoms with Crippen molar-refractivity contribution in [3.8, 4) is 0 Å². The minimum absolute atomic E-state index is 0.0713. The first kappa shape index (κ1) is 14.6. The van der Waals surface area contributed by atoms with Crippen LogP contribution < -0.4 is 5.32 Å². The number of benzene rings is 1. The predicted molar refractivity (Wildman–Crippen MR) is 74.1 cm³/mol. The number of rotatable bonds is 5. The maximum atomic E-state index is 13.6. The first-order valence-electron chi connectivity index (χ1n) is 5.42. The summed E-state index contributed by atoms with van der Waals surface area (Å²) in [6.45, 7) is 2.60. The van der Waals surface area contributed by atoms with Crippen LogP contribution in [-0.2, 0) is 0 Å². The van der Waals surface area contributed by atoms with Crippen molar-refractivity contribution in [3.63, 3.8) is 0 Å². The highest BCUT2D eigenvalue weighted by molar-refractivity contribution is 9.10. The molecule has 0 aliphatic carbocycles. The first-order chi connectivity index (χ1) is 8.06. The molecule has 1 rings (SSSR count). The van der Waals surface area contributed by atoms with Crippen molar-refractivity contribution in [2.45, 2.75) is 24.6 Å². The summed E-state index contributed by atoms with van der Waals surface area (Å²) in [7, 11) is 0. The summed E-state index contributed by atoms with van der Waals surface area (Å²) >= 11 is 6.53. The maximum Gasteiger partial charge on any atom is 0.254 e. The van der Waals surface area contributed by atoms with Crippen LogP contribution in [0.1, 0.15) is 30.1 Å². The second-order valence-corrected chi connectivity index (χ2v) is 5.80. The van der Waals surface area contributed by atoms with Gasteiger partial charge in [0.05, 0.1) is 10.0 Å². The van der Waals surface area contributed by atoms with Crippen molar-refractivity contribution in [3.05, 3.63) is 34.1 Å². The molecule has 1 unspecified atom stereocenters. The van der Waals surface area contributed by atoms with Gasteiger partial charge in [0.2, 0.25) is 0 Å². The van der Waals surface area contributed by atoms with Crippen LogP contribution in [-0.4, -0.2) is 17.3 Å². The number of amides is 1. The van der Waals surface area contributed by atoms with Crippen molar-refractivity contribution in [1.29, 1.82) is 0 Å². The van der Waals surface area contributed by atoms with Gasteiger partial charge in [-0.05, 0) is 40.9 Å². The Labute approximate surface area is 117 Å². The largest absolute Gasteiger partial charge is 0.352 e. The van der Waals surface area contributed by atoms with Crippen LogP contribution >= 0.6 is 31.9 Å². The van der Waals surface area contributed by atoms with E-state index >= 15 is 0 Å². The van der Waals surface area contributed by atoms with Gasteiger partial charge in [-0.2, -0.15) is 0 Å². The van der Waals surface area contributed by atoms with E-state index in [1.54, 1.807) is 12.1 Å². The quantitative estimate of drug-likeness (QED) is 0.787. The number of halogens is 3. The Hall–Kier alpha value is -0.420. The fourth-order valence-corrected chi connectivity index (χ4v) is 1.92. The van der Waals surface area contributed by atoms with Crippen molar-refractivity contribution < 1.29 is 9.18 Å². The highest BCUT2D eigenvalue weighted by Crippen LogP contribution is 2.18. The van der Waals surface area contributed by atoms with Gasteiger partial charge in [-0.25, -0.2) is 4.39 Å². The molecule has 0 aliphatic rings. The Morgan fingerprint density at radius 1 is 1.53 bits per heavy atom. The normalized spacial score (nSPS) is 12.2. The molecule has 1 aromatic carbocycles. The summed E-state index contributed by atoms with van der Waals surface area (Å²) in [5, 5.41) is 2.70. The average molecular weight is 367 g/mol. The molecule has 0 saturated carbocycles. The van der Waals surface area contributed by atoms with Crippen molar-refractivity contribution in [2.75, 3.05) is 6.54 Å². The molecule has 0 spiro atoms. The third-order valence-electron chi connectivity index (χ3n) is 2.38. The van der Waals surface area contributed by atoms with Gasteiger partial charge in [0.15, 0.2) is 0 Å². The third-order valence-corrected chi connectivity index (χ3v) is 4.10. The molecule has 94 valence electrons. The summed E-state index contributed by atoms with van der Waals surface area (Å²) in [6, 6.07) is 4.68. The van der Waals surface area contributed by atoms with Crippen molar-refractivity contribution in [1.82, 2.24) is 5.32 Å². The number of carbonyl (C=O) groups is 1. The molecule has 1 aromatic rings. The van der Waals surface area contributed by atoms with E-state index in [1.165, 1.54) is 6.07 Å². The number of nitrogens with one attached hydrogen (secondary N) is 1. The molecule has 1 N–H and O–H groups in total. The number of hydrogen-bond acceptors (Lipinski definition) is 1. The van der Waals surface area contributed by atoms with E-state index in [1.807, 2.05) is 0 Å². The van der Waals surface area contributed by atoms with Gasteiger partial charge >= 0.3 is 0 Å². The fourth-order valence-electron chi connectivity index (χ4n) is 1.32. The Morgan fingerprint density at radius 2 is 2.24 bits per heavy atom. The summed E-state index contributed by atoms with van der Waals surface area (Å²) in [4.78, 5) is 12.1. The molecule has 0 bridgehead atoms. The molecule has 17 heavy (non-hydrogen) atoms. The molecule has 0 saturated heterocycles. The van der Waals surface area contributed by atoms with Crippen LogP contribution in [0.2, 0.25) is 0 Å². The molecule has 0 aromatic heterocycles. The average Bonchev–Trinajstić information content (AvgIpc) is 2.32. The molecule has 5 heteroatoms. The van der Waals surface area contributed by atoms with Gasteiger partial charge in [0.25, 0.3) is 5.91 Å². The molecule has 1 atom stereocenters. The molecule has 0 aliphatic heterocycles. The number of hydrogen-bond donors (Lipinski definition) is 1. The van der Waals surface area contributed by atoms with Crippen LogP contribution in [0.15, 0.2) is 22.7 Å². The van der Waals surface area contributed by atoms with E-state index in [4.69, 9.17) is 0 Å². The number of alkyl halides is 1. The lowest BCUT2D eigenvalue weighted by Gasteiger charge is -2.09. The van der Waals surface area contributed by atoms with Crippen LogP contribution in [0, 0.1) is 5.82 Å². The molecule has 0 heterocycles. The fraction of sp³-hybridized carbons (Fsp3) is 0.417. The number of carbonyl (C=O) groups excluding carboxylic acids is 1. The summed E-state index contributed by atoms with van der Waals surface area (Å²) in [6.07, 6.45) is 1.83. The first-order valence-corrected chi connectivity index (χ1v) is 7.13. The Bertz CT molecular complexity index is 398. The standard InChI is InChI=1S/C12H14Br2FNO/c1-2-8(13)6-7-16-12(17)9-4-3-5-10(14)11(9)15/h3-5,8H,2,6-7H2,1H3,(H,16,17). The second-order valence-electron chi connectivity index (χ2n) is 3.65. The second kappa shape index (κ2) is 7.11. The SMILES string of the molecule is CCC(Br)CCNC(=O)c1cccc(Br)c1F. The lowest BCUT2D eigenvalue weighted by atomic mass is 10.2. The van der Waals surface area contributed by atoms with Gasteiger partial charge in [0.1, 0.15) is 5.82 Å². The van der Waals surface area contributed by atoms with Gasteiger partial charge in [-0.1, -0.05) is 28.9 Å². The van der Waals surface area contributed by atoms with Gasteiger partial charge in [0, 0.05) is 11.4 Å². The van der Waals surface area contributed by atoms with Gasteiger partial charge in [-0.15, -0.1) is 0 Å². The molecule has 1 amide bonds. The van der Waals surface area contributed by atoms with Crippen LogP contribution in [0.25, 0.3) is 0 Å². The van der Waals surface area contributed by atoms with Gasteiger partial charge < -0.3 is 5.32 Å². The molecule has 2 nitrogen and oxygen atoms in total. The molecular weight excluding hydrogens is 353 g/mol. The lowest BCUT2D eigenvalue weighted by Crippen LogP contribution is -2.26.